The third-order valence-corrected chi connectivity index (χ3v) is 7.08. The van der Waals surface area contributed by atoms with Crippen LogP contribution in [0.4, 0.5) is 0 Å². The van der Waals surface area contributed by atoms with Gasteiger partial charge in [-0.1, -0.05) is 12.8 Å². The van der Waals surface area contributed by atoms with Crippen LogP contribution in [0.5, 0.6) is 0 Å². The smallest absolute Gasteiger partial charge is 0.0702 e. The number of rotatable bonds is 12. The molecule has 0 spiro atoms. The summed E-state index contributed by atoms with van der Waals surface area (Å²) in [6.45, 7) is 9.25. The van der Waals surface area contributed by atoms with Gasteiger partial charge in [-0.15, -0.1) is 0 Å². The molecule has 1 saturated carbocycles. The van der Waals surface area contributed by atoms with E-state index in [1.54, 1.807) is 7.11 Å². The quantitative estimate of drug-likeness (QED) is 0.531. The highest BCUT2D eigenvalue weighted by molar-refractivity contribution is 4.83. The number of aliphatic hydroxyl groups is 1. The summed E-state index contributed by atoms with van der Waals surface area (Å²) in [5.74, 6) is 1.38. The second-order valence-electron chi connectivity index (χ2n) is 9.31. The third-order valence-electron chi connectivity index (χ3n) is 7.08. The topological polar surface area (TPSA) is 54.4 Å². The van der Waals surface area contributed by atoms with Crippen LogP contribution >= 0.6 is 0 Å². The van der Waals surface area contributed by atoms with Gasteiger partial charge in [0, 0.05) is 39.9 Å². The lowest BCUT2D eigenvalue weighted by Crippen LogP contribution is -2.45. The summed E-state index contributed by atoms with van der Waals surface area (Å²) in [5.41, 5.74) is 0. The van der Waals surface area contributed by atoms with E-state index < -0.39 is 0 Å². The molecule has 0 radical (unpaired) electrons. The van der Waals surface area contributed by atoms with Gasteiger partial charge in [0.05, 0.1) is 32.0 Å². The monoisotopic (exact) mass is 412 g/mol. The summed E-state index contributed by atoms with van der Waals surface area (Å²) >= 11 is 0. The first kappa shape index (κ1) is 23.4. The molecule has 29 heavy (non-hydrogen) atoms. The molecule has 6 nitrogen and oxygen atoms in total. The zero-order chi connectivity index (χ0) is 20.3. The van der Waals surface area contributed by atoms with Crippen molar-refractivity contribution < 1.29 is 19.3 Å². The number of hydrogen-bond acceptors (Lipinski definition) is 6. The molecular formula is C23H44N2O4. The number of ether oxygens (including phenoxy) is 3. The first-order chi connectivity index (χ1) is 14.3. The van der Waals surface area contributed by atoms with E-state index in [-0.39, 0.29) is 6.61 Å². The molecule has 3 aliphatic rings. The van der Waals surface area contributed by atoms with Crippen molar-refractivity contribution in [2.45, 2.75) is 63.6 Å². The lowest BCUT2D eigenvalue weighted by Gasteiger charge is -2.39. The van der Waals surface area contributed by atoms with Crippen molar-refractivity contribution in [1.82, 2.24) is 9.80 Å². The van der Waals surface area contributed by atoms with Crippen molar-refractivity contribution in [3.05, 3.63) is 0 Å². The van der Waals surface area contributed by atoms with E-state index in [1.165, 1.54) is 64.6 Å². The third kappa shape index (κ3) is 8.08. The fraction of sp³-hybridized carbons (Fsp3) is 1.00. The summed E-state index contributed by atoms with van der Waals surface area (Å²) in [6, 6.07) is 0. The fourth-order valence-electron chi connectivity index (χ4n) is 5.42. The molecule has 0 aromatic carbocycles. The standard InChI is InChI=1S/C23H44N2O4/c1-27-15-12-24-10-8-20(9-11-24)17-25(19-22-6-4-14-28-22)18-21-5-2-3-7-23(21)29-16-13-26/h20-23,26H,2-19H2,1H3. The number of piperidine rings is 1. The van der Waals surface area contributed by atoms with Crippen molar-refractivity contribution >= 4 is 0 Å². The Morgan fingerprint density at radius 2 is 1.79 bits per heavy atom. The Kier molecular flexibility index (Phi) is 10.7. The lowest BCUT2D eigenvalue weighted by molar-refractivity contribution is -0.0400. The Morgan fingerprint density at radius 3 is 2.52 bits per heavy atom. The first-order valence-corrected chi connectivity index (χ1v) is 12.1. The normalized spacial score (nSPS) is 29.7. The van der Waals surface area contributed by atoms with E-state index >= 15 is 0 Å². The summed E-state index contributed by atoms with van der Waals surface area (Å²) in [6.07, 6.45) is 10.7. The van der Waals surface area contributed by atoms with E-state index in [2.05, 4.69) is 9.80 Å². The van der Waals surface area contributed by atoms with Gasteiger partial charge in [0.1, 0.15) is 0 Å². The Morgan fingerprint density at radius 1 is 0.966 bits per heavy atom. The highest BCUT2D eigenvalue weighted by Crippen LogP contribution is 2.29. The van der Waals surface area contributed by atoms with Crippen LogP contribution in [0, 0.1) is 11.8 Å². The maximum Gasteiger partial charge on any atom is 0.0702 e. The SMILES string of the molecule is COCCN1CCC(CN(CC2CCCO2)CC2CCCCC2OCCO)CC1. The van der Waals surface area contributed by atoms with Crippen molar-refractivity contribution in [3.8, 4) is 0 Å². The second kappa shape index (κ2) is 13.2. The van der Waals surface area contributed by atoms with Crippen LogP contribution in [-0.4, -0.2) is 99.9 Å². The fourth-order valence-corrected chi connectivity index (χ4v) is 5.42. The molecule has 0 aromatic rings. The molecular weight excluding hydrogens is 368 g/mol. The minimum atomic E-state index is 0.129. The van der Waals surface area contributed by atoms with E-state index in [9.17, 15) is 5.11 Å². The van der Waals surface area contributed by atoms with Crippen LogP contribution in [0.25, 0.3) is 0 Å². The predicted molar refractivity (Wildman–Crippen MR) is 115 cm³/mol. The summed E-state index contributed by atoms with van der Waals surface area (Å²) in [5, 5.41) is 9.18. The zero-order valence-electron chi connectivity index (χ0n) is 18.6. The molecule has 0 aromatic heterocycles. The van der Waals surface area contributed by atoms with Gasteiger partial charge in [0.25, 0.3) is 0 Å². The van der Waals surface area contributed by atoms with E-state index in [1.807, 2.05) is 0 Å². The molecule has 6 heteroatoms. The van der Waals surface area contributed by atoms with Gasteiger partial charge >= 0.3 is 0 Å². The molecule has 170 valence electrons. The Bertz CT molecular complexity index is 425. The van der Waals surface area contributed by atoms with Gasteiger partial charge in [-0.25, -0.2) is 0 Å². The van der Waals surface area contributed by atoms with Crippen molar-refractivity contribution in [3.63, 3.8) is 0 Å². The molecule has 2 heterocycles. The van der Waals surface area contributed by atoms with Gasteiger partial charge in [-0.3, -0.25) is 0 Å². The van der Waals surface area contributed by atoms with Gasteiger partial charge < -0.3 is 29.1 Å². The van der Waals surface area contributed by atoms with Crippen LogP contribution in [0.15, 0.2) is 0 Å². The van der Waals surface area contributed by atoms with Crippen molar-refractivity contribution in [2.24, 2.45) is 11.8 Å². The number of hydrogen-bond donors (Lipinski definition) is 1. The Hall–Kier alpha value is -0.240. The average Bonchev–Trinajstić information content (AvgIpc) is 3.25. The Labute approximate surface area is 177 Å². The van der Waals surface area contributed by atoms with E-state index in [4.69, 9.17) is 14.2 Å². The van der Waals surface area contributed by atoms with Crippen LogP contribution in [0.3, 0.4) is 0 Å². The molecule has 1 aliphatic carbocycles. The molecule has 3 unspecified atom stereocenters. The van der Waals surface area contributed by atoms with Crippen LogP contribution in [0.2, 0.25) is 0 Å². The van der Waals surface area contributed by atoms with E-state index in [0.29, 0.717) is 24.7 Å². The molecule has 2 aliphatic heterocycles. The number of aliphatic hydroxyl groups excluding tert-OH is 1. The zero-order valence-corrected chi connectivity index (χ0v) is 18.6. The van der Waals surface area contributed by atoms with Crippen LogP contribution in [0.1, 0.15) is 51.4 Å². The maximum atomic E-state index is 9.18. The van der Waals surface area contributed by atoms with Gasteiger partial charge in [-0.05, 0) is 63.5 Å². The van der Waals surface area contributed by atoms with Gasteiger partial charge in [0.15, 0.2) is 0 Å². The van der Waals surface area contributed by atoms with Crippen LogP contribution in [-0.2, 0) is 14.2 Å². The molecule has 3 rings (SSSR count). The van der Waals surface area contributed by atoms with Crippen molar-refractivity contribution in [1.29, 1.82) is 0 Å². The summed E-state index contributed by atoms with van der Waals surface area (Å²) in [7, 11) is 1.79. The van der Waals surface area contributed by atoms with Gasteiger partial charge in [0.2, 0.25) is 0 Å². The number of nitrogens with zero attached hydrogens (tertiary/aromatic N) is 2. The van der Waals surface area contributed by atoms with E-state index in [0.717, 1.165) is 45.2 Å². The van der Waals surface area contributed by atoms with Crippen molar-refractivity contribution in [2.75, 3.05) is 72.8 Å². The van der Waals surface area contributed by atoms with Gasteiger partial charge in [-0.2, -0.15) is 0 Å². The predicted octanol–water partition coefficient (Wildman–Crippen LogP) is 2.39. The second-order valence-corrected chi connectivity index (χ2v) is 9.31. The summed E-state index contributed by atoms with van der Waals surface area (Å²) < 4.78 is 17.3. The molecule has 0 bridgehead atoms. The summed E-state index contributed by atoms with van der Waals surface area (Å²) in [4.78, 5) is 5.25. The highest BCUT2D eigenvalue weighted by Gasteiger charge is 2.30. The average molecular weight is 413 g/mol. The number of likely N-dealkylation sites (tertiary alicyclic amines) is 1. The molecule has 3 atom stereocenters. The number of methoxy groups -OCH3 is 1. The maximum absolute atomic E-state index is 9.18. The Balaban J connectivity index is 1.51. The molecule has 0 amide bonds. The molecule has 2 saturated heterocycles. The minimum Gasteiger partial charge on any atom is -0.394 e. The first-order valence-electron chi connectivity index (χ1n) is 12.1. The lowest BCUT2D eigenvalue weighted by atomic mass is 9.85. The minimum absolute atomic E-state index is 0.129. The molecule has 3 fully saturated rings. The largest absolute Gasteiger partial charge is 0.394 e. The van der Waals surface area contributed by atoms with Crippen LogP contribution < -0.4 is 0 Å². The highest BCUT2D eigenvalue weighted by atomic mass is 16.5. The molecule has 1 N–H and O–H groups in total.